The summed E-state index contributed by atoms with van der Waals surface area (Å²) in [5, 5.41) is 0. The van der Waals surface area contributed by atoms with E-state index in [1.54, 1.807) is 12.3 Å². The lowest BCUT2D eigenvalue weighted by molar-refractivity contribution is 0.00921. The van der Waals surface area contributed by atoms with Crippen LogP contribution in [0.3, 0.4) is 0 Å². The smallest absolute Gasteiger partial charge is 0.264 e. The number of rotatable bonds is 4. The molecule has 0 saturated carbocycles. The van der Waals surface area contributed by atoms with Gasteiger partial charge in [0.2, 0.25) is 0 Å². The van der Waals surface area contributed by atoms with E-state index in [4.69, 9.17) is 8.92 Å². The summed E-state index contributed by atoms with van der Waals surface area (Å²) in [5.41, 5.74) is 0.541. The van der Waals surface area contributed by atoms with Crippen molar-refractivity contribution in [1.29, 1.82) is 0 Å². The van der Waals surface area contributed by atoms with E-state index in [2.05, 4.69) is 9.97 Å². The van der Waals surface area contributed by atoms with Gasteiger partial charge in [0.25, 0.3) is 10.1 Å². The summed E-state index contributed by atoms with van der Waals surface area (Å²) in [7, 11) is -3.45. The van der Waals surface area contributed by atoms with Gasteiger partial charge in [-0.3, -0.25) is 4.18 Å². The predicted octanol–water partition coefficient (Wildman–Crippen LogP) is 1.19. The van der Waals surface area contributed by atoms with Crippen LogP contribution < -0.4 is 0 Å². The summed E-state index contributed by atoms with van der Waals surface area (Å²) < 4.78 is 32.1. The Morgan fingerprint density at radius 3 is 3.00 bits per heavy atom. The first-order chi connectivity index (χ1) is 8.54. The van der Waals surface area contributed by atoms with Crippen LogP contribution in [0.5, 0.6) is 0 Å². The fourth-order valence-electron chi connectivity index (χ4n) is 1.76. The Bertz CT molecular complexity index is 498. The van der Waals surface area contributed by atoms with Gasteiger partial charge in [0.1, 0.15) is 12.7 Å². The van der Waals surface area contributed by atoms with E-state index in [0.717, 1.165) is 32.1 Å². The summed E-state index contributed by atoms with van der Waals surface area (Å²) in [6, 6.07) is 1.64. The number of aromatic nitrogens is 2. The fourth-order valence-corrected chi connectivity index (χ4v) is 2.10. The lowest BCUT2D eigenvalue weighted by Gasteiger charge is -2.21. The molecule has 0 N–H and O–H groups in total. The Balaban J connectivity index is 2.04. The first-order valence-corrected chi connectivity index (χ1v) is 7.64. The van der Waals surface area contributed by atoms with E-state index >= 15 is 0 Å². The topological polar surface area (TPSA) is 78.4 Å². The molecule has 0 aromatic carbocycles. The highest BCUT2D eigenvalue weighted by molar-refractivity contribution is 7.85. The molecule has 1 fully saturated rings. The van der Waals surface area contributed by atoms with Gasteiger partial charge in [-0.1, -0.05) is 0 Å². The Labute approximate surface area is 106 Å². The van der Waals surface area contributed by atoms with Gasteiger partial charge < -0.3 is 4.74 Å². The quantitative estimate of drug-likeness (QED) is 0.766. The van der Waals surface area contributed by atoms with Crippen molar-refractivity contribution < 1.29 is 17.3 Å². The molecule has 1 saturated heterocycles. The minimum Gasteiger partial charge on any atom is -0.370 e. The molecule has 0 aliphatic carbocycles. The van der Waals surface area contributed by atoms with Crippen molar-refractivity contribution in [2.45, 2.75) is 32.0 Å². The summed E-state index contributed by atoms with van der Waals surface area (Å²) in [6.07, 6.45) is 5.58. The van der Waals surface area contributed by atoms with E-state index < -0.39 is 10.1 Å². The summed E-state index contributed by atoms with van der Waals surface area (Å²) in [4.78, 5) is 8.44. The summed E-state index contributed by atoms with van der Waals surface area (Å²) in [5.74, 6) is 0.601. The van der Waals surface area contributed by atoms with E-state index in [1.807, 2.05) is 0 Å². The maximum absolute atomic E-state index is 10.9. The SMILES string of the molecule is CS(=O)(=O)OCc1ccnc(C2CCCCO2)n1. The summed E-state index contributed by atoms with van der Waals surface area (Å²) >= 11 is 0. The van der Waals surface area contributed by atoms with Gasteiger partial charge in [-0.25, -0.2) is 9.97 Å². The average molecular weight is 272 g/mol. The maximum atomic E-state index is 10.9. The molecule has 18 heavy (non-hydrogen) atoms. The minimum absolute atomic E-state index is 0.0684. The lowest BCUT2D eigenvalue weighted by Crippen LogP contribution is -2.15. The van der Waals surface area contributed by atoms with Crippen molar-refractivity contribution in [1.82, 2.24) is 9.97 Å². The molecule has 100 valence electrons. The Morgan fingerprint density at radius 1 is 1.50 bits per heavy atom. The Kier molecular flexibility index (Phi) is 4.26. The van der Waals surface area contributed by atoms with E-state index in [0.29, 0.717) is 11.5 Å². The van der Waals surface area contributed by atoms with Crippen molar-refractivity contribution in [2.24, 2.45) is 0 Å². The van der Waals surface area contributed by atoms with Gasteiger partial charge in [0.05, 0.1) is 11.9 Å². The van der Waals surface area contributed by atoms with Crippen LogP contribution in [0.1, 0.15) is 36.9 Å². The highest BCUT2D eigenvalue weighted by Crippen LogP contribution is 2.25. The molecule has 0 amide bonds. The second-order valence-electron chi connectivity index (χ2n) is 4.23. The average Bonchev–Trinajstić information content (AvgIpc) is 2.37. The molecule has 1 atom stereocenters. The van der Waals surface area contributed by atoms with Crippen molar-refractivity contribution in [3.63, 3.8) is 0 Å². The number of hydrogen-bond donors (Lipinski definition) is 0. The molecular weight excluding hydrogens is 256 g/mol. The highest BCUT2D eigenvalue weighted by atomic mass is 32.2. The lowest BCUT2D eigenvalue weighted by atomic mass is 10.1. The number of nitrogens with zero attached hydrogens (tertiary/aromatic N) is 2. The van der Waals surface area contributed by atoms with Crippen molar-refractivity contribution in [3.8, 4) is 0 Å². The predicted molar refractivity (Wildman–Crippen MR) is 64.2 cm³/mol. The van der Waals surface area contributed by atoms with E-state index in [-0.39, 0.29) is 12.7 Å². The zero-order valence-electron chi connectivity index (χ0n) is 10.2. The largest absolute Gasteiger partial charge is 0.370 e. The molecule has 1 aliphatic heterocycles. The molecule has 1 aromatic rings. The number of ether oxygens (including phenoxy) is 1. The van der Waals surface area contributed by atoms with Crippen LogP contribution in [0.25, 0.3) is 0 Å². The van der Waals surface area contributed by atoms with Crippen LogP contribution in [0.15, 0.2) is 12.3 Å². The second kappa shape index (κ2) is 5.73. The molecule has 7 heteroatoms. The molecule has 1 unspecified atom stereocenters. The number of hydrogen-bond acceptors (Lipinski definition) is 6. The molecule has 0 bridgehead atoms. The molecule has 2 rings (SSSR count). The third-order valence-corrected chi connectivity index (χ3v) is 3.17. The second-order valence-corrected chi connectivity index (χ2v) is 5.87. The maximum Gasteiger partial charge on any atom is 0.264 e. The van der Waals surface area contributed by atoms with Crippen LogP contribution in [0.4, 0.5) is 0 Å². The molecule has 0 radical (unpaired) electrons. The van der Waals surface area contributed by atoms with E-state index in [9.17, 15) is 8.42 Å². The molecule has 1 aromatic heterocycles. The zero-order chi connectivity index (χ0) is 13.0. The molecule has 2 heterocycles. The first-order valence-electron chi connectivity index (χ1n) is 5.82. The highest BCUT2D eigenvalue weighted by Gasteiger charge is 2.19. The van der Waals surface area contributed by atoms with Crippen LogP contribution in [0, 0.1) is 0 Å². The molecular formula is C11H16N2O4S. The van der Waals surface area contributed by atoms with Crippen LogP contribution >= 0.6 is 0 Å². The monoisotopic (exact) mass is 272 g/mol. The third-order valence-electron chi connectivity index (χ3n) is 2.62. The van der Waals surface area contributed by atoms with Gasteiger partial charge >= 0.3 is 0 Å². The normalized spacial score (nSPS) is 20.8. The van der Waals surface area contributed by atoms with Crippen LogP contribution in [-0.4, -0.2) is 31.2 Å². The summed E-state index contributed by atoms with van der Waals surface area (Å²) in [6.45, 7) is 0.652. The van der Waals surface area contributed by atoms with Crippen LogP contribution in [-0.2, 0) is 25.6 Å². The standard InChI is InChI=1S/C11H16N2O4S/c1-18(14,15)17-8-9-5-6-12-11(13-9)10-4-2-3-7-16-10/h5-6,10H,2-4,7-8H2,1H3. The van der Waals surface area contributed by atoms with Gasteiger partial charge in [-0.2, -0.15) is 8.42 Å². The Morgan fingerprint density at radius 2 is 2.33 bits per heavy atom. The zero-order valence-corrected chi connectivity index (χ0v) is 11.0. The van der Waals surface area contributed by atoms with Crippen molar-refractivity contribution in [3.05, 3.63) is 23.8 Å². The third kappa shape index (κ3) is 4.01. The van der Waals surface area contributed by atoms with Crippen LogP contribution in [0.2, 0.25) is 0 Å². The van der Waals surface area contributed by atoms with E-state index in [1.165, 1.54) is 0 Å². The Hall–Kier alpha value is -1.05. The first kappa shape index (κ1) is 13.4. The van der Waals surface area contributed by atoms with Gasteiger partial charge in [0, 0.05) is 12.8 Å². The van der Waals surface area contributed by atoms with Gasteiger partial charge in [-0.05, 0) is 25.3 Å². The minimum atomic E-state index is -3.45. The van der Waals surface area contributed by atoms with Crippen molar-refractivity contribution in [2.75, 3.05) is 12.9 Å². The molecule has 1 aliphatic rings. The molecule has 6 nitrogen and oxygen atoms in total. The fraction of sp³-hybridized carbons (Fsp3) is 0.636. The molecule has 0 spiro atoms. The van der Waals surface area contributed by atoms with Gasteiger partial charge in [0.15, 0.2) is 5.82 Å². The van der Waals surface area contributed by atoms with Crippen molar-refractivity contribution >= 4 is 10.1 Å². The van der Waals surface area contributed by atoms with Gasteiger partial charge in [-0.15, -0.1) is 0 Å².